The Bertz CT molecular complexity index is 394. The summed E-state index contributed by atoms with van der Waals surface area (Å²) in [6, 6.07) is 7.21. The van der Waals surface area contributed by atoms with Crippen LogP contribution in [-0.4, -0.2) is 9.97 Å². The molecule has 0 amide bonds. The number of H-pyrrole nitrogens is 1. The lowest BCUT2D eigenvalue weighted by molar-refractivity contribution is 0.801. The summed E-state index contributed by atoms with van der Waals surface area (Å²) in [7, 11) is 0. The van der Waals surface area contributed by atoms with E-state index in [4.69, 9.17) is 17.3 Å². The molecule has 0 aliphatic carbocycles. The monoisotopic (exact) mass is 207 g/mol. The van der Waals surface area contributed by atoms with Crippen molar-refractivity contribution in [3.05, 3.63) is 53.1 Å². The minimum absolute atomic E-state index is 0.220. The fourth-order valence-corrected chi connectivity index (χ4v) is 1.40. The summed E-state index contributed by atoms with van der Waals surface area (Å²) in [5.41, 5.74) is 6.96. The van der Waals surface area contributed by atoms with E-state index in [0.717, 1.165) is 11.4 Å². The van der Waals surface area contributed by atoms with Crippen molar-refractivity contribution in [1.82, 2.24) is 9.97 Å². The van der Waals surface area contributed by atoms with Crippen molar-refractivity contribution in [3.63, 3.8) is 0 Å². The van der Waals surface area contributed by atoms with E-state index in [1.807, 2.05) is 24.3 Å². The van der Waals surface area contributed by atoms with Gasteiger partial charge in [-0.15, -0.1) is 0 Å². The minimum Gasteiger partial charge on any atom is -0.347 e. The van der Waals surface area contributed by atoms with Gasteiger partial charge in [-0.25, -0.2) is 4.98 Å². The average molecular weight is 208 g/mol. The topological polar surface area (TPSA) is 54.7 Å². The quantitative estimate of drug-likeness (QED) is 0.793. The molecule has 2 rings (SSSR count). The van der Waals surface area contributed by atoms with Gasteiger partial charge in [-0.05, 0) is 17.7 Å². The van der Waals surface area contributed by atoms with Crippen LogP contribution in [0.15, 0.2) is 36.7 Å². The van der Waals surface area contributed by atoms with Crippen molar-refractivity contribution in [2.75, 3.05) is 0 Å². The number of aromatic amines is 1. The normalized spacial score (nSPS) is 12.7. The van der Waals surface area contributed by atoms with Gasteiger partial charge in [-0.3, -0.25) is 0 Å². The summed E-state index contributed by atoms with van der Waals surface area (Å²) in [6.07, 6.45) is 3.44. The van der Waals surface area contributed by atoms with Crippen LogP contribution >= 0.6 is 11.6 Å². The predicted octanol–water partition coefficient (Wildman–Crippen LogP) is 2.11. The number of hydrogen-bond donors (Lipinski definition) is 2. The molecule has 0 spiro atoms. The van der Waals surface area contributed by atoms with Crippen LogP contribution in [0.5, 0.6) is 0 Å². The second-order valence-corrected chi connectivity index (χ2v) is 3.44. The van der Waals surface area contributed by atoms with E-state index in [9.17, 15) is 0 Å². The smallest absolute Gasteiger partial charge is 0.127 e. The summed E-state index contributed by atoms with van der Waals surface area (Å²) in [5, 5.41) is 0.709. The van der Waals surface area contributed by atoms with Crippen molar-refractivity contribution in [3.8, 4) is 0 Å². The van der Waals surface area contributed by atoms with Crippen LogP contribution in [0.1, 0.15) is 17.4 Å². The van der Waals surface area contributed by atoms with Crippen LogP contribution in [0.2, 0.25) is 5.02 Å². The van der Waals surface area contributed by atoms with Crippen molar-refractivity contribution < 1.29 is 0 Å². The molecular formula is C10H10ClN3. The lowest BCUT2D eigenvalue weighted by Gasteiger charge is -2.08. The van der Waals surface area contributed by atoms with Gasteiger partial charge in [0.05, 0.1) is 6.04 Å². The third kappa shape index (κ3) is 1.78. The Kier molecular flexibility index (Phi) is 2.52. The molecule has 0 saturated heterocycles. The van der Waals surface area contributed by atoms with Crippen LogP contribution in [0.25, 0.3) is 0 Å². The maximum atomic E-state index is 5.97. The molecule has 0 fully saturated rings. The lowest BCUT2D eigenvalue weighted by atomic mass is 10.1. The fourth-order valence-electron chi connectivity index (χ4n) is 1.28. The lowest BCUT2D eigenvalue weighted by Crippen LogP contribution is -2.13. The largest absolute Gasteiger partial charge is 0.347 e. The fraction of sp³-hybridized carbons (Fsp3) is 0.100. The zero-order valence-corrected chi connectivity index (χ0v) is 8.20. The third-order valence-corrected chi connectivity index (χ3v) is 2.30. The van der Waals surface area contributed by atoms with Gasteiger partial charge in [0.2, 0.25) is 0 Å². The van der Waals surface area contributed by atoms with E-state index in [2.05, 4.69) is 9.97 Å². The van der Waals surface area contributed by atoms with E-state index in [-0.39, 0.29) is 6.04 Å². The Hall–Kier alpha value is -1.32. The number of rotatable bonds is 2. The van der Waals surface area contributed by atoms with E-state index in [0.29, 0.717) is 5.02 Å². The van der Waals surface area contributed by atoms with Crippen molar-refractivity contribution in [1.29, 1.82) is 0 Å². The molecule has 1 aromatic carbocycles. The van der Waals surface area contributed by atoms with E-state index in [1.165, 1.54) is 0 Å². The van der Waals surface area contributed by atoms with Gasteiger partial charge in [-0.2, -0.15) is 0 Å². The zero-order valence-electron chi connectivity index (χ0n) is 7.44. The minimum atomic E-state index is -0.220. The van der Waals surface area contributed by atoms with Crippen molar-refractivity contribution >= 4 is 11.6 Å². The summed E-state index contributed by atoms with van der Waals surface area (Å²) in [4.78, 5) is 7.08. The molecule has 4 heteroatoms. The first kappa shape index (κ1) is 9.24. The SMILES string of the molecule is NC(c1ccc(Cl)cc1)c1ncc[nH]1. The highest BCUT2D eigenvalue weighted by atomic mass is 35.5. The second kappa shape index (κ2) is 3.82. The van der Waals surface area contributed by atoms with Gasteiger partial charge in [0.1, 0.15) is 5.82 Å². The second-order valence-electron chi connectivity index (χ2n) is 3.00. The highest BCUT2D eigenvalue weighted by molar-refractivity contribution is 6.30. The molecule has 0 saturated carbocycles. The van der Waals surface area contributed by atoms with Gasteiger partial charge in [0.25, 0.3) is 0 Å². The van der Waals surface area contributed by atoms with Gasteiger partial charge in [0, 0.05) is 17.4 Å². The zero-order chi connectivity index (χ0) is 9.97. The molecule has 72 valence electrons. The Morgan fingerprint density at radius 2 is 2.00 bits per heavy atom. The number of halogens is 1. The molecular weight excluding hydrogens is 198 g/mol. The number of imidazole rings is 1. The number of nitrogens with zero attached hydrogens (tertiary/aromatic N) is 1. The number of nitrogens with one attached hydrogen (secondary N) is 1. The molecule has 14 heavy (non-hydrogen) atoms. The third-order valence-electron chi connectivity index (χ3n) is 2.04. The number of hydrogen-bond acceptors (Lipinski definition) is 2. The maximum Gasteiger partial charge on any atom is 0.127 e. The molecule has 0 aliphatic heterocycles. The molecule has 0 bridgehead atoms. The Balaban J connectivity index is 2.28. The Labute approximate surface area is 86.9 Å². The van der Waals surface area contributed by atoms with Crippen LogP contribution in [-0.2, 0) is 0 Å². The highest BCUT2D eigenvalue weighted by Crippen LogP contribution is 2.18. The summed E-state index contributed by atoms with van der Waals surface area (Å²) in [5.74, 6) is 0.757. The van der Waals surface area contributed by atoms with Crippen molar-refractivity contribution in [2.45, 2.75) is 6.04 Å². The molecule has 0 aliphatic rings. The molecule has 0 radical (unpaired) electrons. The van der Waals surface area contributed by atoms with E-state index in [1.54, 1.807) is 12.4 Å². The molecule has 3 nitrogen and oxygen atoms in total. The highest BCUT2D eigenvalue weighted by Gasteiger charge is 2.09. The standard InChI is InChI=1S/C10H10ClN3/c11-8-3-1-7(2-4-8)9(12)10-13-5-6-14-10/h1-6,9H,12H2,(H,13,14). The van der Waals surface area contributed by atoms with Crippen LogP contribution in [0.4, 0.5) is 0 Å². The predicted molar refractivity (Wildman–Crippen MR) is 56.1 cm³/mol. The summed E-state index contributed by atoms with van der Waals surface area (Å²) >= 11 is 5.78. The molecule has 3 N–H and O–H groups in total. The summed E-state index contributed by atoms with van der Waals surface area (Å²) in [6.45, 7) is 0. The molecule has 1 unspecified atom stereocenters. The Morgan fingerprint density at radius 3 is 2.57 bits per heavy atom. The average Bonchev–Trinajstić information content (AvgIpc) is 2.71. The molecule has 1 atom stereocenters. The van der Waals surface area contributed by atoms with E-state index < -0.39 is 0 Å². The molecule has 2 aromatic rings. The first-order valence-corrected chi connectivity index (χ1v) is 4.65. The van der Waals surface area contributed by atoms with Gasteiger partial charge < -0.3 is 10.7 Å². The number of nitrogens with two attached hydrogens (primary N) is 1. The first-order chi connectivity index (χ1) is 6.77. The molecule has 1 heterocycles. The van der Waals surface area contributed by atoms with Crippen molar-refractivity contribution in [2.24, 2.45) is 5.73 Å². The number of aromatic nitrogens is 2. The van der Waals surface area contributed by atoms with Crippen LogP contribution in [0.3, 0.4) is 0 Å². The van der Waals surface area contributed by atoms with Crippen LogP contribution < -0.4 is 5.73 Å². The first-order valence-electron chi connectivity index (χ1n) is 4.27. The summed E-state index contributed by atoms with van der Waals surface area (Å²) < 4.78 is 0. The number of benzene rings is 1. The van der Waals surface area contributed by atoms with Gasteiger partial charge in [-0.1, -0.05) is 23.7 Å². The Morgan fingerprint density at radius 1 is 1.29 bits per heavy atom. The van der Waals surface area contributed by atoms with E-state index >= 15 is 0 Å². The molecule has 1 aromatic heterocycles. The van der Waals surface area contributed by atoms with Gasteiger partial charge >= 0.3 is 0 Å². The van der Waals surface area contributed by atoms with Crippen LogP contribution in [0, 0.1) is 0 Å². The maximum absolute atomic E-state index is 5.97. The van der Waals surface area contributed by atoms with Gasteiger partial charge in [0.15, 0.2) is 0 Å².